The van der Waals surface area contributed by atoms with Crippen molar-refractivity contribution in [3.05, 3.63) is 35.4 Å². The van der Waals surface area contributed by atoms with Gasteiger partial charge in [-0.25, -0.2) is 0 Å². The van der Waals surface area contributed by atoms with Gasteiger partial charge < -0.3 is 4.74 Å². The number of carbonyl (C=O) groups is 1. The zero-order chi connectivity index (χ0) is 15.7. The number of carbonyl (C=O) groups excluding carboxylic acids is 1. The average molecular weight is 339 g/mol. The van der Waals surface area contributed by atoms with Crippen molar-refractivity contribution in [2.45, 2.75) is 28.8 Å². The highest BCUT2D eigenvalue weighted by Crippen LogP contribution is 2.83. The minimum atomic E-state index is -4.38. The van der Waals surface area contributed by atoms with E-state index in [9.17, 15) is 18.0 Å². The molecule has 7 heteroatoms. The third kappa shape index (κ3) is 1.59. The smallest absolute Gasteiger partial charge is 0.416 e. The highest BCUT2D eigenvalue weighted by molar-refractivity contribution is 6.53. The molecule has 0 N–H and O–H groups in total. The second-order valence-corrected chi connectivity index (χ2v) is 6.99. The van der Waals surface area contributed by atoms with Gasteiger partial charge in [0.25, 0.3) is 0 Å². The van der Waals surface area contributed by atoms with Crippen LogP contribution in [0.2, 0.25) is 0 Å². The zero-order valence-electron chi connectivity index (χ0n) is 10.9. The van der Waals surface area contributed by atoms with Crippen LogP contribution in [0.15, 0.2) is 24.3 Å². The van der Waals surface area contributed by atoms with E-state index in [0.29, 0.717) is 18.4 Å². The molecule has 0 aliphatic heterocycles. The van der Waals surface area contributed by atoms with Gasteiger partial charge in [0.2, 0.25) is 0 Å². The van der Waals surface area contributed by atoms with Gasteiger partial charge >= 0.3 is 12.1 Å². The third-order valence-corrected chi connectivity index (χ3v) is 6.20. The Morgan fingerprint density at radius 2 is 1.71 bits per heavy atom. The molecule has 3 aliphatic rings. The van der Waals surface area contributed by atoms with Crippen molar-refractivity contribution in [3.8, 4) is 0 Å². The van der Waals surface area contributed by atoms with Crippen LogP contribution in [0.3, 0.4) is 0 Å². The monoisotopic (exact) mass is 338 g/mol. The summed E-state index contributed by atoms with van der Waals surface area (Å²) in [6.45, 7) is 0. The fraction of sp³-hybridized carbons (Fsp3) is 0.500. The fourth-order valence-electron chi connectivity index (χ4n) is 3.50. The fourth-order valence-corrected chi connectivity index (χ4v) is 4.41. The normalized spacial score (nSPS) is 32.9. The second-order valence-electron chi connectivity index (χ2n) is 5.66. The molecular formula is C14H11Cl2F3O2. The SMILES string of the molecule is COC(=O)C12CC(c3ccc(C(F)(F)F)cc3)(C1)C2(Cl)Cl. The molecule has 4 rings (SSSR count). The summed E-state index contributed by atoms with van der Waals surface area (Å²) in [5.74, 6) is -0.471. The maximum atomic E-state index is 12.6. The third-order valence-electron chi connectivity index (χ3n) is 4.75. The van der Waals surface area contributed by atoms with E-state index >= 15 is 0 Å². The Labute approximate surface area is 129 Å². The molecule has 0 saturated heterocycles. The summed E-state index contributed by atoms with van der Waals surface area (Å²) in [5, 5.41) is 0. The minimum Gasteiger partial charge on any atom is -0.469 e. The van der Waals surface area contributed by atoms with Gasteiger partial charge in [0.1, 0.15) is 9.75 Å². The van der Waals surface area contributed by atoms with Crippen molar-refractivity contribution < 1.29 is 22.7 Å². The average Bonchev–Trinajstić information content (AvgIpc) is 2.36. The van der Waals surface area contributed by atoms with Crippen molar-refractivity contribution in [1.29, 1.82) is 0 Å². The van der Waals surface area contributed by atoms with Crippen molar-refractivity contribution in [1.82, 2.24) is 0 Å². The molecule has 3 saturated carbocycles. The zero-order valence-corrected chi connectivity index (χ0v) is 12.4. The summed E-state index contributed by atoms with van der Waals surface area (Å²) in [5.41, 5.74) is -1.72. The number of benzene rings is 1. The van der Waals surface area contributed by atoms with Crippen LogP contribution < -0.4 is 0 Å². The Kier molecular flexibility index (Phi) is 2.91. The van der Waals surface area contributed by atoms with Gasteiger partial charge in [0, 0.05) is 5.41 Å². The van der Waals surface area contributed by atoms with E-state index in [1.54, 1.807) is 0 Å². The molecule has 114 valence electrons. The first-order valence-electron chi connectivity index (χ1n) is 6.25. The van der Waals surface area contributed by atoms with Crippen LogP contribution in [-0.2, 0) is 21.1 Å². The molecule has 0 atom stereocenters. The Bertz CT molecular complexity index is 602. The summed E-state index contributed by atoms with van der Waals surface area (Å²) < 4.78 is 41.1. The number of rotatable bonds is 2. The van der Waals surface area contributed by atoms with Crippen LogP contribution in [0.25, 0.3) is 0 Å². The standard InChI is InChI=1S/C14H11Cl2F3O2/c1-21-10(20)12-6-11(7-12,14(12,15)16)8-2-4-9(5-3-8)13(17,18)19/h2-5H,6-7H2,1H3. The quantitative estimate of drug-likeness (QED) is 0.599. The minimum absolute atomic E-state index is 0.394. The highest BCUT2D eigenvalue weighted by Gasteiger charge is 2.88. The first-order chi connectivity index (χ1) is 9.61. The number of halogens is 5. The number of hydrogen-bond acceptors (Lipinski definition) is 2. The maximum absolute atomic E-state index is 12.6. The van der Waals surface area contributed by atoms with Gasteiger partial charge in [-0.2, -0.15) is 13.2 Å². The number of hydrogen-bond donors (Lipinski definition) is 0. The highest BCUT2D eigenvalue weighted by atomic mass is 35.5. The molecule has 2 nitrogen and oxygen atoms in total. The first kappa shape index (κ1) is 15.0. The summed E-state index contributed by atoms with van der Waals surface area (Å²) in [4.78, 5) is 11.8. The molecule has 2 bridgehead atoms. The van der Waals surface area contributed by atoms with E-state index in [2.05, 4.69) is 0 Å². The summed E-state index contributed by atoms with van der Waals surface area (Å²) in [7, 11) is 1.26. The lowest BCUT2D eigenvalue weighted by atomic mass is 9.32. The summed E-state index contributed by atoms with van der Waals surface area (Å²) in [6.07, 6.45) is -3.60. The number of alkyl halides is 5. The van der Waals surface area contributed by atoms with E-state index < -0.39 is 32.9 Å². The molecule has 3 aliphatic carbocycles. The molecule has 21 heavy (non-hydrogen) atoms. The maximum Gasteiger partial charge on any atom is 0.416 e. The second kappa shape index (κ2) is 4.07. The topological polar surface area (TPSA) is 26.3 Å². The van der Waals surface area contributed by atoms with E-state index in [4.69, 9.17) is 27.9 Å². The molecule has 1 aromatic carbocycles. The summed E-state index contributed by atoms with van der Waals surface area (Å²) >= 11 is 12.6. The molecule has 0 heterocycles. The van der Waals surface area contributed by atoms with Gasteiger partial charge in [0.15, 0.2) is 0 Å². The lowest BCUT2D eigenvalue weighted by Crippen LogP contribution is -2.83. The Morgan fingerprint density at radius 1 is 1.19 bits per heavy atom. The molecule has 3 fully saturated rings. The van der Waals surface area contributed by atoms with E-state index in [1.165, 1.54) is 19.2 Å². The molecule has 0 amide bonds. The van der Waals surface area contributed by atoms with Crippen molar-refractivity contribution in [3.63, 3.8) is 0 Å². The van der Waals surface area contributed by atoms with Crippen LogP contribution in [0.4, 0.5) is 13.2 Å². The number of esters is 1. The largest absolute Gasteiger partial charge is 0.469 e. The molecule has 0 radical (unpaired) electrons. The van der Waals surface area contributed by atoms with Gasteiger partial charge in [-0.3, -0.25) is 4.79 Å². The van der Waals surface area contributed by atoms with E-state index in [-0.39, 0.29) is 0 Å². The molecule has 1 aromatic rings. The van der Waals surface area contributed by atoms with Gasteiger partial charge in [0.05, 0.1) is 12.7 Å². The van der Waals surface area contributed by atoms with Crippen molar-refractivity contribution in [2.24, 2.45) is 5.41 Å². The van der Waals surface area contributed by atoms with Crippen LogP contribution >= 0.6 is 23.2 Å². The van der Waals surface area contributed by atoms with E-state index in [1.807, 2.05) is 0 Å². The first-order valence-corrected chi connectivity index (χ1v) is 7.00. The van der Waals surface area contributed by atoms with Crippen LogP contribution in [0.5, 0.6) is 0 Å². The van der Waals surface area contributed by atoms with Crippen LogP contribution in [-0.4, -0.2) is 17.4 Å². The Morgan fingerprint density at radius 3 is 2.10 bits per heavy atom. The molecule has 0 spiro atoms. The number of ether oxygens (including phenoxy) is 1. The van der Waals surface area contributed by atoms with Crippen LogP contribution in [0, 0.1) is 5.41 Å². The number of methoxy groups -OCH3 is 1. The lowest BCUT2D eigenvalue weighted by molar-refractivity contribution is -0.203. The van der Waals surface area contributed by atoms with Gasteiger partial charge in [-0.15, -0.1) is 0 Å². The summed E-state index contributed by atoms with van der Waals surface area (Å²) in [6, 6.07) is 4.76. The van der Waals surface area contributed by atoms with E-state index in [0.717, 1.165) is 12.1 Å². The van der Waals surface area contributed by atoms with Crippen molar-refractivity contribution in [2.75, 3.05) is 7.11 Å². The molecule has 0 aromatic heterocycles. The predicted molar refractivity (Wildman–Crippen MR) is 71.2 cm³/mol. The lowest BCUT2D eigenvalue weighted by Gasteiger charge is -2.76. The van der Waals surface area contributed by atoms with Crippen molar-refractivity contribution >= 4 is 29.2 Å². The van der Waals surface area contributed by atoms with Gasteiger partial charge in [-0.1, -0.05) is 35.3 Å². The Hall–Kier alpha value is -0.940. The van der Waals surface area contributed by atoms with Gasteiger partial charge in [-0.05, 0) is 30.5 Å². The molecule has 0 unspecified atom stereocenters. The Balaban J connectivity index is 1.90. The van der Waals surface area contributed by atoms with Crippen LogP contribution in [0.1, 0.15) is 24.0 Å². The molecular weight excluding hydrogens is 328 g/mol. The predicted octanol–water partition coefficient (Wildman–Crippen LogP) is 4.08.